The Hall–Kier alpha value is -3.06. The summed E-state index contributed by atoms with van der Waals surface area (Å²) in [5.41, 5.74) is -3.76. The molecule has 0 aromatic heterocycles. The topological polar surface area (TPSA) is 95.6 Å². The molecule has 0 aliphatic heterocycles. The number of amides is 2. The van der Waals surface area contributed by atoms with E-state index >= 15 is 0 Å². The maximum atomic E-state index is 14.9. The number of halogens is 5. The second-order valence-corrected chi connectivity index (χ2v) is 12.9. The summed E-state index contributed by atoms with van der Waals surface area (Å²) in [6.45, 7) is 0.0527. The summed E-state index contributed by atoms with van der Waals surface area (Å²) in [6.07, 6.45) is -4.56. The van der Waals surface area contributed by atoms with Crippen LogP contribution in [0.2, 0.25) is 0 Å². The van der Waals surface area contributed by atoms with E-state index in [1.807, 2.05) is 0 Å². The van der Waals surface area contributed by atoms with E-state index in [2.05, 4.69) is 10.6 Å². The molecule has 0 heterocycles. The van der Waals surface area contributed by atoms with Crippen LogP contribution in [-0.4, -0.2) is 64.5 Å². The molecular weight excluding hydrogens is 569 g/mol. The molecule has 1 saturated carbocycles. The summed E-state index contributed by atoms with van der Waals surface area (Å²) in [7, 11) is -1.44. The minimum atomic E-state index is -5.19. The number of benzene rings is 2. The number of likely N-dealkylation sites (N-methyl/N-ethyl adjacent to an activating group) is 2. The average Bonchev–Trinajstić information content (AvgIpc) is 3.33. The van der Waals surface area contributed by atoms with Crippen molar-refractivity contribution in [3.05, 3.63) is 65.0 Å². The number of carbonyl (C=O) groups excluding carboxylic acids is 2. The predicted octanol–water partition coefficient (Wildman–Crippen LogP) is 3.76. The summed E-state index contributed by atoms with van der Waals surface area (Å²) in [5, 5.41) is 5.02. The lowest BCUT2D eigenvalue weighted by Crippen LogP contribution is -2.53. The van der Waals surface area contributed by atoms with Gasteiger partial charge in [0.15, 0.2) is 9.84 Å². The van der Waals surface area contributed by atoms with Gasteiger partial charge in [-0.1, -0.05) is 18.2 Å². The molecule has 1 fully saturated rings. The molecule has 1 unspecified atom stereocenters. The molecule has 41 heavy (non-hydrogen) atoms. The van der Waals surface area contributed by atoms with E-state index in [1.165, 1.54) is 20.2 Å². The molecule has 7 nitrogen and oxygen atoms in total. The fraction of sp³-hybridized carbons (Fsp3) is 0.500. The smallest absolute Gasteiger partial charge is 0.358 e. The zero-order valence-corrected chi connectivity index (χ0v) is 23.6. The number of nitrogens with zero attached hydrogens (tertiary/aromatic N) is 1. The van der Waals surface area contributed by atoms with Crippen molar-refractivity contribution in [3.63, 3.8) is 0 Å². The monoisotopic (exact) mass is 601 g/mol. The van der Waals surface area contributed by atoms with Crippen LogP contribution < -0.4 is 10.6 Å². The average molecular weight is 602 g/mol. The summed E-state index contributed by atoms with van der Waals surface area (Å²) >= 11 is 0. The van der Waals surface area contributed by atoms with Crippen molar-refractivity contribution >= 4 is 21.7 Å². The standard InChI is InChI=1S/C28H32F5N3O4S/c1-26(30,28(31,32)33)18-5-11-21-17(14-18)4-10-22-23(36(15-24(37)34-2)16-25(38)35-3)12-13-27(21,22)41(39,40)20-8-6-19(29)7-9-20/h5-9,11,14,22-23H,4,10,12-13,15-16H2,1-3H3,(H,34,37)(H,35,38)/t22-,23+,26?,27+/m0/s1. The van der Waals surface area contributed by atoms with Crippen molar-refractivity contribution in [3.8, 4) is 0 Å². The van der Waals surface area contributed by atoms with Crippen LogP contribution in [0.15, 0.2) is 47.4 Å². The first-order valence-electron chi connectivity index (χ1n) is 13.1. The molecule has 4 rings (SSSR count). The second-order valence-electron chi connectivity index (χ2n) is 10.7. The number of nitrogens with one attached hydrogen (secondary N) is 2. The van der Waals surface area contributed by atoms with Gasteiger partial charge in [0.2, 0.25) is 17.5 Å². The molecule has 224 valence electrons. The number of fused-ring (bicyclic) bond motifs is 3. The third-order valence-corrected chi connectivity index (χ3v) is 11.1. The van der Waals surface area contributed by atoms with Crippen LogP contribution in [0.4, 0.5) is 22.0 Å². The first-order chi connectivity index (χ1) is 19.1. The fourth-order valence-corrected chi connectivity index (χ4v) is 8.82. The minimum absolute atomic E-state index is 0.0263. The zero-order valence-electron chi connectivity index (χ0n) is 22.8. The zero-order chi connectivity index (χ0) is 30.4. The number of sulfone groups is 1. The Morgan fingerprint density at radius 1 is 0.976 bits per heavy atom. The normalized spacial score (nSPS) is 23.8. The van der Waals surface area contributed by atoms with E-state index in [1.54, 1.807) is 4.90 Å². The van der Waals surface area contributed by atoms with Gasteiger partial charge in [-0.05, 0) is 79.5 Å². The Balaban J connectivity index is 1.90. The van der Waals surface area contributed by atoms with Crippen molar-refractivity contribution in [2.24, 2.45) is 5.92 Å². The molecule has 2 aromatic carbocycles. The number of rotatable bonds is 8. The van der Waals surface area contributed by atoms with Gasteiger partial charge >= 0.3 is 6.18 Å². The van der Waals surface area contributed by atoms with Gasteiger partial charge in [0, 0.05) is 20.1 Å². The number of hydrogen-bond acceptors (Lipinski definition) is 5. The molecule has 4 atom stereocenters. The third kappa shape index (κ3) is 5.22. The highest BCUT2D eigenvalue weighted by Crippen LogP contribution is 2.58. The summed E-state index contributed by atoms with van der Waals surface area (Å²) in [6, 6.07) is 7.06. The van der Waals surface area contributed by atoms with Gasteiger partial charge in [-0.25, -0.2) is 17.2 Å². The van der Waals surface area contributed by atoms with Gasteiger partial charge in [0.25, 0.3) is 0 Å². The molecule has 2 amide bonds. The van der Waals surface area contributed by atoms with Gasteiger partial charge in [0.1, 0.15) is 10.6 Å². The lowest BCUT2D eigenvalue weighted by atomic mass is 9.73. The van der Waals surface area contributed by atoms with Crippen LogP contribution in [0.25, 0.3) is 0 Å². The SMILES string of the molecule is CNC(=O)CN(CC(=O)NC)[C@@H]1CC[C@@]2(S(=O)(=O)c3ccc(F)cc3)c3ccc(C(C)(F)C(F)(F)F)cc3CC[C@@H]12. The van der Waals surface area contributed by atoms with Gasteiger partial charge < -0.3 is 10.6 Å². The molecule has 2 aromatic rings. The van der Waals surface area contributed by atoms with Crippen LogP contribution in [0.3, 0.4) is 0 Å². The van der Waals surface area contributed by atoms with Crippen LogP contribution in [-0.2, 0) is 36.3 Å². The highest BCUT2D eigenvalue weighted by atomic mass is 32.2. The molecule has 2 N–H and O–H groups in total. The lowest BCUT2D eigenvalue weighted by molar-refractivity contribution is -0.228. The fourth-order valence-electron chi connectivity index (χ4n) is 6.36. The molecule has 0 saturated heterocycles. The summed E-state index contributed by atoms with van der Waals surface area (Å²) < 4.78 is 96.5. The van der Waals surface area contributed by atoms with Crippen molar-refractivity contribution in [2.45, 2.75) is 60.1 Å². The van der Waals surface area contributed by atoms with Gasteiger partial charge in [-0.2, -0.15) is 13.2 Å². The van der Waals surface area contributed by atoms with Crippen LogP contribution in [0.1, 0.15) is 42.9 Å². The first kappa shape index (κ1) is 30.9. The molecule has 0 radical (unpaired) electrons. The van der Waals surface area contributed by atoms with E-state index in [9.17, 15) is 40.0 Å². The highest BCUT2D eigenvalue weighted by molar-refractivity contribution is 7.92. The van der Waals surface area contributed by atoms with Crippen molar-refractivity contribution in [1.29, 1.82) is 0 Å². The van der Waals surface area contributed by atoms with Gasteiger partial charge in [0.05, 0.1) is 18.0 Å². The second kappa shape index (κ2) is 11.0. The maximum Gasteiger partial charge on any atom is 0.426 e. The van der Waals surface area contributed by atoms with E-state index in [4.69, 9.17) is 0 Å². The third-order valence-electron chi connectivity index (χ3n) is 8.56. The van der Waals surface area contributed by atoms with Crippen LogP contribution in [0, 0.1) is 11.7 Å². The van der Waals surface area contributed by atoms with E-state index in [0.29, 0.717) is 6.92 Å². The van der Waals surface area contributed by atoms with Gasteiger partial charge in [-0.15, -0.1) is 0 Å². The Labute approximate surface area is 235 Å². The Morgan fingerprint density at radius 3 is 2.10 bits per heavy atom. The van der Waals surface area contributed by atoms with E-state index in [0.717, 1.165) is 36.4 Å². The molecule has 13 heteroatoms. The number of aryl methyl sites for hydroxylation is 1. The molecule has 2 aliphatic carbocycles. The Kier molecular flexibility index (Phi) is 8.27. The molecule has 2 aliphatic rings. The number of alkyl halides is 4. The number of hydrogen-bond donors (Lipinski definition) is 2. The minimum Gasteiger partial charge on any atom is -0.358 e. The summed E-state index contributed by atoms with van der Waals surface area (Å²) in [5.74, 6) is -2.09. The van der Waals surface area contributed by atoms with Crippen molar-refractivity contribution in [2.75, 3.05) is 27.2 Å². The van der Waals surface area contributed by atoms with Crippen LogP contribution in [0.5, 0.6) is 0 Å². The Bertz CT molecular complexity index is 1410. The predicted molar refractivity (Wildman–Crippen MR) is 141 cm³/mol. The van der Waals surface area contributed by atoms with Crippen molar-refractivity contribution < 1.29 is 40.0 Å². The van der Waals surface area contributed by atoms with E-state index in [-0.39, 0.29) is 66.6 Å². The van der Waals surface area contributed by atoms with E-state index < -0.39 is 49.8 Å². The Morgan fingerprint density at radius 2 is 1.56 bits per heavy atom. The molecule has 0 spiro atoms. The van der Waals surface area contributed by atoms with Gasteiger partial charge in [-0.3, -0.25) is 14.5 Å². The highest BCUT2D eigenvalue weighted by Gasteiger charge is 2.62. The summed E-state index contributed by atoms with van der Waals surface area (Å²) in [4.78, 5) is 26.2. The quantitative estimate of drug-likeness (QED) is 0.355. The first-order valence-corrected chi connectivity index (χ1v) is 14.6. The largest absolute Gasteiger partial charge is 0.426 e. The number of carbonyl (C=O) groups is 2. The van der Waals surface area contributed by atoms with Crippen LogP contribution >= 0.6 is 0 Å². The maximum absolute atomic E-state index is 14.9. The molecule has 0 bridgehead atoms. The van der Waals surface area contributed by atoms with Crippen molar-refractivity contribution in [1.82, 2.24) is 15.5 Å². The molecular formula is C28H32F5N3O4S. The lowest BCUT2D eigenvalue weighted by Gasteiger charge is -2.44.